The van der Waals surface area contributed by atoms with Gasteiger partial charge >= 0.3 is 0 Å². The largest absolute Gasteiger partial charge is 0.392 e. The topological polar surface area (TPSA) is 161 Å². The number of rotatable bonds is 5. The normalized spacial score (nSPS) is 11.9. The van der Waals surface area contributed by atoms with Gasteiger partial charge in [-0.15, -0.1) is 6.58 Å². The quantitative estimate of drug-likeness (QED) is 0.320. The lowest BCUT2D eigenvalue weighted by atomic mass is 10.3. The van der Waals surface area contributed by atoms with E-state index in [-0.39, 0.29) is 6.61 Å². The number of hydrogen-bond donors (Lipinski definition) is 4. The van der Waals surface area contributed by atoms with Crippen LogP contribution in [0.3, 0.4) is 0 Å². The third kappa shape index (κ3) is 9.12. The summed E-state index contributed by atoms with van der Waals surface area (Å²) in [6, 6.07) is 0. The van der Waals surface area contributed by atoms with Gasteiger partial charge in [-0.2, -0.15) is 8.42 Å². The van der Waals surface area contributed by atoms with Crippen LogP contribution in [0.5, 0.6) is 0 Å². The van der Waals surface area contributed by atoms with Gasteiger partial charge in [0.05, 0.1) is 13.0 Å². The number of aliphatic hydroxyl groups excluding tert-OH is 1. The maximum atomic E-state index is 10.4. The van der Waals surface area contributed by atoms with Crippen LogP contribution in [-0.4, -0.2) is 41.7 Å². The zero-order valence-corrected chi connectivity index (χ0v) is 9.18. The minimum Gasteiger partial charge on any atom is -0.392 e. The number of amides is 2. The second-order valence-electron chi connectivity index (χ2n) is 2.55. The average molecular weight is 254 g/mol. The van der Waals surface area contributed by atoms with Crippen LogP contribution in [0, 0.1) is 0 Å². The second kappa shape index (κ2) is 7.79. The van der Waals surface area contributed by atoms with E-state index in [1.54, 1.807) is 0 Å². The van der Waals surface area contributed by atoms with Gasteiger partial charge in [-0.3, -0.25) is 14.1 Å². The number of carbonyl (C=O) groups excluding carboxylic acids is 2. The van der Waals surface area contributed by atoms with Gasteiger partial charge in [-0.05, 0) is 0 Å². The summed E-state index contributed by atoms with van der Waals surface area (Å²) in [6.07, 6.45) is 0.619. The molecule has 8 nitrogen and oxygen atoms in total. The van der Waals surface area contributed by atoms with Crippen molar-refractivity contribution in [2.75, 3.05) is 6.61 Å². The number of primary amides is 2. The molecule has 0 heterocycles. The number of carbonyl (C=O) groups is 2. The van der Waals surface area contributed by atoms with Crippen LogP contribution in [0.25, 0.3) is 0 Å². The third-order valence-electron chi connectivity index (χ3n) is 1.19. The molecule has 0 aromatic heterocycles. The summed E-state index contributed by atoms with van der Waals surface area (Å²) in [6.45, 7) is 3.31. The van der Waals surface area contributed by atoms with E-state index < -0.39 is 33.6 Å². The van der Waals surface area contributed by atoms with Crippen molar-refractivity contribution in [2.24, 2.45) is 11.5 Å². The molecule has 2 amide bonds. The zero-order chi connectivity index (χ0) is 13.4. The molecule has 0 aromatic carbocycles. The van der Waals surface area contributed by atoms with Crippen molar-refractivity contribution in [3.8, 4) is 0 Å². The summed E-state index contributed by atoms with van der Waals surface area (Å²) in [5.41, 5.74) is 9.19. The highest BCUT2D eigenvalue weighted by molar-refractivity contribution is 7.87. The van der Waals surface area contributed by atoms with Crippen LogP contribution in [0.4, 0.5) is 0 Å². The maximum absolute atomic E-state index is 10.4. The smallest absolute Gasteiger partial charge is 0.277 e. The lowest BCUT2D eigenvalue weighted by molar-refractivity contribution is -0.123. The molecule has 0 aliphatic rings. The molecule has 9 heteroatoms. The van der Waals surface area contributed by atoms with Crippen molar-refractivity contribution in [1.82, 2.24) is 0 Å². The summed E-state index contributed by atoms with van der Waals surface area (Å²) < 4.78 is 29.1. The molecule has 0 bridgehead atoms. The standard InChI is InChI=1S/C4H8N2O5S.C3H6O/c5-3(7)1-2(4(6)8)12(9,10)11;1-2-3-4/h2H,1H2,(H2,5,7)(H2,6,8)(H,9,10,11);2,4H,1,3H2. The first-order chi connectivity index (χ1) is 7.16. The van der Waals surface area contributed by atoms with Crippen molar-refractivity contribution in [3.63, 3.8) is 0 Å². The molecule has 94 valence electrons. The van der Waals surface area contributed by atoms with Gasteiger partial charge in [-0.25, -0.2) is 0 Å². The highest BCUT2D eigenvalue weighted by Gasteiger charge is 2.30. The third-order valence-corrected chi connectivity index (χ3v) is 2.31. The van der Waals surface area contributed by atoms with Gasteiger partial charge in [0.25, 0.3) is 10.1 Å². The van der Waals surface area contributed by atoms with Gasteiger partial charge in [0.1, 0.15) is 0 Å². The predicted octanol–water partition coefficient (Wildman–Crippen LogP) is -2.23. The van der Waals surface area contributed by atoms with E-state index in [9.17, 15) is 18.0 Å². The first kappa shape index (κ1) is 17.0. The van der Waals surface area contributed by atoms with Gasteiger partial charge in [0.15, 0.2) is 5.25 Å². The molecule has 0 rings (SSSR count). The van der Waals surface area contributed by atoms with Crippen molar-refractivity contribution in [3.05, 3.63) is 12.7 Å². The Balaban J connectivity index is 0. The van der Waals surface area contributed by atoms with Crippen LogP contribution in [0.15, 0.2) is 12.7 Å². The lowest BCUT2D eigenvalue weighted by Crippen LogP contribution is -2.38. The lowest BCUT2D eigenvalue weighted by Gasteiger charge is -2.06. The van der Waals surface area contributed by atoms with Gasteiger partial charge in [-0.1, -0.05) is 6.08 Å². The Morgan fingerprint density at radius 1 is 1.38 bits per heavy atom. The molecule has 0 saturated heterocycles. The molecule has 1 unspecified atom stereocenters. The molecule has 0 saturated carbocycles. The summed E-state index contributed by atoms with van der Waals surface area (Å²) in [7, 11) is -4.63. The second-order valence-corrected chi connectivity index (χ2v) is 4.15. The van der Waals surface area contributed by atoms with Gasteiger partial charge in [0, 0.05) is 0 Å². The fourth-order valence-electron chi connectivity index (χ4n) is 0.535. The fourth-order valence-corrected chi connectivity index (χ4v) is 1.20. The minimum atomic E-state index is -4.63. The van der Waals surface area contributed by atoms with E-state index in [0.717, 1.165) is 0 Å². The van der Waals surface area contributed by atoms with E-state index in [0.29, 0.717) is 0 Å². The Morgan fingerprint density at radius 3 is 1.81 bits per heavy atom. The molecule has 0 fully saturated rings. The van der Waals surface area contributed by atoms with E-state index in [1.165, 1.54) is 6.08 Å². The van der Waals surface area contributed by atoms with Crippen molar-refractivity contribution >= 4 is 21.9 Å². The predicted molar refractivity (Wildman–Crippen MR) is 55.6 cm³/mol. The van der Waals surface area contributed by atoms with Crippen LogP contribution in [0.1, 0.15) is 6.42 Å². The van der Waals surface area contributed by atoms with Crippen LogP contribution >= 0.6 is 0 Å². The van der Waals surface area contributed by atoms with Crippen LogP contribution < -0.4 is 11.5 Å². The number of nitrogens with two attached hydrogens (primary N) is 2. The summed E-state index contributed by atoms with van der Waals surface area (Å²) >= 11 is 0. The Morgan fingerprint density at radius 2 is 1.75 bits per heavy atom. The van der Waals surface area contributed by atoms with Crippen LogP contribution in [-0.2, 0) is 19.7 Å². The number of aliphatic hydroxyl groups is 1. The molecular formula is C7H14N2O6S. The molecule has 16 heavy (non-hydrogen) atoms. The van der Waals surface area contributed by atoms with Gasteiger partial charge < -0.3 is 16.6 Å². The molecule has 0 aliphatic heterocycles. The Kier molecular flexibility index (Phi) is 8.26. The summed E-state index contributed by atoms with van der Waals surface area (Å²) in [5, 5.41) is 5.81. The average Bonchev–Trinajstić information content (AvgIpc) is 2.12. The van der Waals surface area contributed by atoms with Crippen molar-refractivity contribution < 1.29 is 27.7 Å². The molecule has 1 atom stereocenters. The SMILES string of the molecule is C=CCO.NC(=O)CC(C(N)=O)S(=O)(=O)O. The molecule has 0 aliphatic carbocycles. The molecule has 6 N–H and O–H groups in total. The zero-order valence-electron chi connectivity index (χ0n) is 8.37. The monoisotopic (exact) mass is 254 g/mol. The first-order valence-corrected chi connectivity index (χ1v) is 5.42. The number of hydrogen-bond acceptors (Lipinski definition) is 5. The van der Waals surface area contributed by atoms with E-state index in [4.69, 9.17) is 9.66 Å². The van der Waals surface area contributed by atoms with E-state index in [2.05, 4.69) is 18.0 Å². The Bertz CT molecular complexity index is 350. The highest BCUT2D eigenvalue weighted by atomic mass is 32.2. The van der Waals surface area contributed by atoms with E-state index in [1.807, 2.05) is 0 Å². The molecular weight excluding hydrogens is 240 g/mol. The molecule has 0 spiro atoms. The Labute approximate surface area is 92.7 Å². The first-order valence-electron chi connectivity index (χ1n) is 3.92. The van der Waals surface area contributed by atoms with Gasteiger partial charge in [0.2, 0.25) is 11.8 Å². The van der Waals surface area contributed by atoms with Crippen molar-refractivity contribution in [2.45, 2.75) is 11.7 Å². The highest BCUT2D eigenvalue weighted by Crippen LogP contribution is 2.02. The Hall–Kier alpha value is -1.45. The molecule has 0 radical (unpaired) electrons. The van der Waals surface area contributed by atoms with Crippen LogP contribution in [0.2, 0.25) is 0 Å². The summed E-state index contributed by atoms with van der Waals surface area (Å²) in [4.78, 5) is 20.6. The fraction of sp³-hybridized carbons (Fsp3) is 0.429. The maximum Gasteiger partial charge on any atom is 0.277 e. The molecule has 0 aromatic rings. The summed E-state index contributed by atoms with van der Waals surface area (Å²) in [5.74, 6) is -2.34. The van der Waals surface area contributed by atoms with Crippen molar-refractivity contribution in [1.29, 1.82) is 0 Å². The minimum absolute atomic E-state index is 0.0833. The van der Waals surface area contributed by atoms with E-state index >= 15 is 0 Å².